The first kappa shape index (κ1) is 26.2. The lowest BCUT2D eigenvalue weighted by molar-refractivity contribution is 0.00578. The number of rotatable bonds is 6. The predicted molar refractivity (Wildman–Crippen MR) is 158 cm³/mol. The number of carbonyl (C=O) groups excluding carboxylic acids is 1. The van der Waals surface area contributed by atoms with Crippen molar-refractivity contribution in [1.82, 2.24) is 4.98 Å². The number of carbonyl (C=O) groups is 1. The molecule has 3 aromatic heterocycles. The van der Waals surface area contributed by atoms with E-state index in [1.807, 2.05) is 64.1 Å². The molecule has 6 nitrogen and oxygen atoms in total. The van der Waals surface area contributed by atoms with E-state index in [-0.39, 0.29) is 13.2 Å². The first-order valence-electron chi connectivity index (χ1n) is 12.8. The lowest BCUT2D eigenvalue weighted by atomic mass is 9.78. The summed E-state index contributed by atoms with van der Waals surface area (Å²) in [5.74, 6) is -0.406. The molecule has 6 rings (SSSR count). The Morgan fingerprint density at radius 3 is 2.33 bits per heavy atom. The van der Waals surface area contributed by atoms with Crippen LogP contribution in [-0.2, 0) is 27.3 Å². The number of aliphatic hydroxyl groups is 1. The van der Waals surface area contributed by atoms with Crippen LogP contribution < -0.4 is 5.46 Å². The predicted octanol–water partition coefficient (Wildman–Crippen LogP) is 6.33. The number of nitrogens with zero attached hydrogens (tertiary/aromatic N) is 1. The van der Waals surface area contributed by atoms with Crippen LogP contribution in [0.25, 0.3) is 31.4 Å². The molecule has 4 heterocycles. The summed E-state index contributed by atoms with van der Waals surface area (Å²) in [6.45, 7) is 8.34. The number of hydrogen-bond acceptors (Lipinski definition) is 8. The molecule has 1 fully saturated rings. The zero-order valence-corrected chi connectivity index (χ0v) is 23.8. The Labute approximate surface area is 235 Å². The second-order valence-corrected chi connectivity index (χ2v) is 12.9. The SMILES string of the molecule is CC1(C)OB(c2cccc3cc(COC(=O)c4ccnc(-c5cccc6cc(CO)sc56)c4)sc23)OC1(C)C. The zero-order chi connectivity index (χ0) is 27.4. The number of fused-ring (bicyclic) bond motifs is 2. The molecule has 0 amide bonds. The second-order valence-electron chi connectivity index (χ2n) is 10.7. The summed E-state index contributed by atoms with van der Waals surface area (Å²) in [4.78, 5) is 19.4. The molecule has 0 aliphatic carbocycles. The van der Waals surface area contributed by atoms with Gasteiger partial charge in [-0.05, 0) is 62.7 Å². The number of benzene rings is 2. The van der Waals surface area contributed by atoms with Gasteiger partial charge in [0.15, 0.2) is 0 Å². The Morgan fingerprint density at radius 2 is 1.59 bits per heavy atom. The van der Waals surface area contributed by atoms with Crippen molar-refractivity contribution < 1.29 is 23.9 Å². The molecule has 1 aliphatic rings. The van der Waals surface area contributed by atoms with Gasteiger partial charge >= 0.3 is 13.1 Å². The lowest BCUT2D eigenvalue weighted by Crippen LogP contribution is -2.41. The number of esters is 1. The minimum absolute atomic E-state index is 0.00548. The largest absolute Gasteiger partial charge is 0.496 e. The van der Waals surface area contributed by atoms with Crippen molar-refractivity contribution in [3.63, 3.8) is 0 Å². The average molecular weight is 558 g/mol. The molecule has 0 atom stereocenters. The Hall–Kier alpha value is -3.08. The van der Waals surface area contributed by atoms with Gasteiger partial charge in [-0.25, -0.2) is 4.79 Å². The summed E-state index contributed by atoms with van der Waals surface area (Å²) in [6.07, 6.45) is 1.63. The molecule has 0 saturated carbocycles. The Bertz CT molecular complexity index is 1690. The van der Waals surface area contributed by atoms with Crippen LogP contribution in [0.1, 0.15) is 47.8 Å². The van der Waals surface area contributed by atoms with Gasteiger partial charge in [-0.15, -0.1) is 22.7 Å². The Morgan fingerprint density at radius 1 is 0.923 bits per heavy atom. The van der Waals surface area contributed by atoms with Crippen LogP contribution in [0.5, 0.6) is 0 Å². The summed E-state index contributed by atoms with van der Waals surface area (Å²) in [6, 6.07) is 19.5. The zero-order valence-electron chi connectivity index (χ0n) is 22.2. The van der Waals surface area contributed by atoms with E-state index in [0.29, 0.717) is 11.3 Å². The van der Waals surface area contributed by atoms with E-state index in [9.17, 15) is 9.90 Å². The van der Waals surface area contributed by atoms with Gasteiger partial charge in [0, 0.05) is 36.4 Å². The normalized spacial score (nSPS) is 16.3. The highest BCUT2D eigenvalue weighted by molar-refractivity contribution is 7.20. The summed E-state index contributed by atoms with van der Waals surface area (Å²) in [7, 11) is -0.454. The van der Waals surface area contributed by atoms with Crippen molar-refractivity contribution in [2.75, 3.05) is 0 Å². The maximum atomic E-state index is 13.0. The van der Waals surface area contributed by atoms with Gasteiger partial charge < -0.3 is 19.2 Å². The van der Waals surface area contributed by atoms with Gasteiger partial charge in [0.05, 0.1) is 29.1 Å². The summed E-state index contributed by atoms with van der Waals surface area (Å²) in [5.41, 5.74) is 2.20. The van der Waals surface area contributed by atoms with Crippen LogP contribution in [-0.4, -0.2) is 34.4 Å². The standard InChI is InChI=1S/C30H28BNO5S2/c1-29(2)30(3,4)37-31(36-29)24-10-6-8-19-14-22(39-27(19)24)17-35-28(34)20-11-12-32-25(15-20)23-9-5-7-18-13-21(16-33)38-26(18)23/h5-15,33H,16-17H2,1-4H3. The van der Waals surface area contributed by atoms with Crippen LogP contribution in [0.3, 0.4) is 0 Å². The van der Waals surface area contributed by atoms with Gasteiger partial charge in [-0.2, -0.15) is 0 Å². The van der Waals surface area contributed by atoms with Crippen molar-refractivity contribution in [2.24, 2.45) is 0 Å². The monoisotopic (exact) mass is 557 g/mol. The minimum atomic E-state index is -0.454. The topological polar surface area (TPSA) is 77.9 Å². The highest BCUT2D eigenvalue weighted by Gasteiger charge is 2.52. The molecule has 39 heavy (non-hydrogen) atoms. The van der Waals surface area contributed by atoms with E-state index >= 15 is 0 Å². The van der Waals surface area contributed by atoms with E-state index in [1.165, 1.54) is 11.3 Å². The summed E-state index contributed by atoms with van der Waals surface area (Å²) in [5, 5.41) is 11.7. The van der Waals surface area contributed by atoms with Crippen molar-refractivity contribution in [2.45, 2.75) is 52.1 Å². The van der Waals surface area contributed by atoms with E-state index < -0.39 is 24.3 Å². The number of ether oxygens (including phenoxy) is 1. The maximum Gasteiger partial charge on any atom is 0.496 e. The minimum Gasteiger partial charge on any atom is -0.456 e. The van der Waals surface area contributed by atoms with Crippen LogP contribution in [0.15, 0.2) is 66.9 Å². The molecule has 1 N–H and O–H groups in total. The number of aromatic nitrogens is 1. The third-order valence-corrected chi connectivity index (χ3v) is 9.84. The van der Waals surface area contributed by atoms with Crippen molar-refractivity contribution in [3.8, 4) is 11.3 Å². The average Bonchev–Trinajstić information content (AvgIpc) is 3.59. The molecule has 198 valence electrons. The Kier molecular flexibility index (Phi) is 6.60. The number of hydrogen-bond donors (Lipinski definition) is 1. The van der Waals surface area contributed by atoms with E-state index in [2.05, 4.69) is 17.1 Å². The highest BCUT2D eigenvalue weighted by Crippen LogP contribution is 2.38. The fraction of sp³-hybridized carbons (Fsp3) is 0.267. The number of thiophene rings is 2. The second kappa shape index (κ2) is 9.84. The molecule has 0 bridgehead atoms. The first-order chi connectivity index (χ1) is 18.6. The van der Waals surface area contributed by atoms with Crippen LogP contribution in [0.4, 0.5) is 0 Å². The molecule has 0 spiro atoms. The molecule has 0 radical (unpaired) electrons. The molecule has 1 saturated heterocycles. The smallest absolute Gasteiger partial charge is 0.456 e. The molecular formula is C30H28BNO5S2. The summed E-state index contributed by atoms with van der Waals surface area (Å²) >= 11 is 3.12. The van der Waals surface area contributed by atoms with Crippen molar-refractivity contribution >= 4 is 61.4 Å². The van der Waals surface area contributed by atoms with E-state index in [1.54, 1.807) is 29.7 Å². The third kappa shape index (κ3) is 4.79. The van der Waals surface area contributed by atoms with Crippen LogP contribution in [0, 0.1) is 0 Å². The molecular weight excluding hydrogens is 529 g/mol. The fourth-order valence-corrected chi connectivity index (χ4v) is 6.82. The van der Waals surface area contributed by atoms with Gasteiger partial charge in [0.1, 0.15) is 6.61 Å². The molecule has 9 heteroatoms. The molecule has 2 aromatic carbocycles. The van der Waals surface area contributed by atoms with Gasteiger partial charge in [0.25, 0.3) is 0 Å². The van der Waals surface area contributed by atoms with E-state index in [0.717, 1.165) is 41.0 Å². The van der Waals surface area contributed by atoms with E-state index in [4.69, 9.17) is 14.0 Å². The molecule has 1 aliphatic heterocycles. The molecule has 5 aromatic rings. The third-order valence-electron chi connectivity index (χ3n) is 7.50. The van der Waals surface area contributed by atoms with Crippen molar-refractivity contribution in [3.05, 3.63) is 82.2 Å². The van der Waals surface area contributed by atoms with Crippen LogP contribution in [0.2, 0.25) is 0 Å². The Balaban J connectivity index is 1.21. The van der Waals surface area contributed by atoms with Crippen LogP contribution >= 0.6 is 22.7 Å². The lowest BCUT2D eigenvalue weighted by Gasteiger charge is -2.32. The van der Waals surface area contributed by atoms with Crippen molar-refractivity contribution in [1.29, 1.82) is 0 Å². The highest BCUT2D eigenvalue weighted by atomic mass is 32.1. The van der Waals surface area contributed by atoms with Gasteiger partial charge in [-0.1, -0.05) is 36.4 Å². The maximum absolute atomic E-state index is 13.0. The fourth-order valence-electron chi connectivity index (χ4n) is 4.69. The van der Waals surface area contributed by atoms with Gasteiger partial charge in [0.2, 0.25) is 0 Å². The van der Waals surface area contributed by atoms with Gasteiger partial charge in [-0.3, -0.25) is 4.98 Å². The number of aliphatic hydroxyl groups excluding tert-OH is 1. The molecule has 0 unspecified atom stereocenters. The first-order valence-corrected chi connectivity index (χ1v) is 14.4. The number of pyridine rings is 1. The summed E-state index contributed by atoms with van der Waals surface area (Å²) < 4.78 is 20.4. The quantitative estimate of drug-likeness (QED) is 0.194.